The zero-order chi connectivity index (χ0) is 13.1. The quantitative estimate of drug-likeness (QED) is 0.806. The average molecular weight is 285 g/mol. The van der Waals surface area contributed by atoms with E-state index in [4.69, 9.17) is 23.2 Å². The van der Waals surface area contributed by atoms with Gasteiger partial charge in [0.1, 0.15) is 10.3 Å². The van der Waals surface area contributed by atoms with E-state index in [1.807, 2.05) is 13.1 Å². The van der Waals surface area contributed by atoms with Crippen molar-refractivity contribution >= 4 is 23.2 Å². The van der Waals surface area contributed by atoms with E-state index in [9.17, 15) is 0 Å². The molecule has 0 N–H and O–H groups in total. The summed E-state index contributed by atoms with van der Waals surface area (Å²) in [6, 6.07) is 0. The summed E-state index contributed by atoms with van der Waals surface area (Å²) in [5.74, 6) is 0.518. The van der Waals surface area contributed by atoms with Crippen LogP contribution in [0.4, 0.5) is 0 Å². The molecule has 0 spiro atoms. The monoisotopic (exact) mass is 284 g/mol. The fraction of sp³-hybridized carbons (Fsp3) is 0.417. The van der Waals surface area contributed by atoms with Crippen LogP contribution in [0.25, 0.3) is 11.4 Å². The highest BCUT2D eigenvalue weighted by molar-refractivity contribution is 6.34. The van der Waals surface area contributed by atoms with Crippen LogP contribution >= 0.6 is 23.2 Å². The highest BCUT2D eigenvalue weighted by Gasteiger charge is 2.13. The van der Waals surface area contributed by atoms with Gasteiger partial charge in [-0.05, 0) is 13.3 Å². The third-order valence-corrected chi connectivity index (χ3v) is 3.25. The summed E-state index contributed by atoms with van der Waals surface area (Å²) in [5.41, 5.74) is 1.64. The second-order valence-corrected chi connectivity index (χ2v) is 4.66. The zero-order valence-electron chi connectivity index (χ0n) is 10.3. The largest absolute Gasteiger partial charge is 0.272 e. The molecule has 6 heteroatoms. The number of rotatable bonds is 4. The molecule has 2 aromatic rings. The highest BCUT2D eigenvalue weighted by atomic mass is 35.5. The van der Waals surface area contributed by atoms with E-state index in [-0.39, 0.29) is 0 Å². The summed E-state index contributed by atoms with van der Waals surface area (Å²) in [6.07, 6.45) is 5.33. The summed E-state index contributed by atoms with van der Waals surface area (Å²) < 4.78 is 1.81. The lowest BCUT2D eigenvalue weighted by Gasteiger charge is -2.06. The van der Waals surface area contributed by atoms with Gasteiger partial charge in [0, 0.05) is 18.3 Å². The molecule has 0 saturated heterocycles. The Labute approximate surface area is 116 Å². The third-order valence-electron chi connectivity index (χ3n) is 2.62. The van der Waals surface area contributed by atoms with Crippen LogP contribution in [-0.2, 0) is 13.0 Å². The molecule has 0 saturated carbocycles. The minimum atomic E-state index is 0.427. The molecule has 0 aliphatic carbocycles. The zero-order valence-corrected chi connectivity index (χ0v) is 11.8. The number of hydrogen-bond acceptors (Lipinski definition) is 3. The van der Waals surface area contributed by atoms with E-state index in [0.717, 1.165) is 30.5 Å². The maximum atomic E-state index is 6.14. The number of halogens is 2. The molecular formula is C12H14Cl2N4. The molecule has 4 nitrogen and oxygen atoms in total. The smallest absolute Gasteiger partial charge is 0.165 e. The Kier molecular flexibility index (Phi) is 4.19. The normalized spacial score (nSPS) is 10.9. The van der Waals surface area contributed by atoms with Crippen molar-refractivity contribution in [2.24, 2.45) is 0 Å². The van der Waals surface area contributed by atoms with Gasteiger partial charge >= 0.3 is 0 Å². The fourth-order valence-electron chi connectivity index (χ4n) is 1.67. The number of aromatic nitrogens is 4. The molecular weight excluding hydrogens is 271 g/mol. The van der Waals surface area contributed by atoms with E-state index in [1.165, 1.54) is 0 Å². The molecule has 0 unspecified atom stereocenters. The highest BCUT2D eigenvalue weighted by Crippen LogP contribution is 2.26. The molecule has 2 aromatic heterocycles. The first-order valence-electron chi connectivity index (χ1n) is 5.90. The van der Waals surface area contributed by atoms with Crippen molar-refractivity contribution in [3.8, 4) is 11.4 Å². The lowest BCUT2D eigenvalue weighted by Crippen LogP contribution is -1.97. The van der Waals surface area contributed by atoms with E-state index in [1.54, 1.807) is 10.9 Å². The summed E-state index contributed by atoms with van der Waals surface area (Å²) >= 11 is 12.3. The standard InChI is InChI=1S/C12H14Cl2N4/c1-3-5-9-10(13)16-12(17-11(9)14)8-6-15-18(4-2)7-8/h6-7H,3-5H2,1-2H3. The number of aryl methyl sites for hydroxylation is 1. The number of nitrogens with zero attached hydrogens (tertiary/aromatic N) is 4. The Bertz CT molecular complexity index is 528. The molecule has 96 valence electrons. The van der Waals surface area contributed by atoms with Gasteiger partial charge in [0.25, 0.3) is 0 Å². The lowest BCUT2D eigenvalue weighted by molar-refractivity contribution is 0.660. The van der Waals surface area contributed by atoms with Crippen LogP contribution in [0.5, 0.6) is 0 Å². The van der Waals surface area contributed by atoms with Crippen LogP contribution in [0.15, 0.2) is 12.4 Å². The van der Waals surface area contributed by atoms with Gasteiger partial charge in [-0.1, -0.05) is 36.5 Å². The maximum absolute atomic E-state index is 6.14. The summed E-state index contributed by atoms with van der Waals surface area (Å²) in [7, 11) is 0. The van der Waals surface area contributed by atoms with Crippen molar-refractivity contribution in [3.63, 3.8) is 0 Å². The van der Waals surface area contributed by atoms with Gasteiger partial charge in [0.05, 0.1) is 11.8 Å². The van der Waals surface area contributed by atoms with Crippen molar-refractivity contribution in [3.05, 3.63) is 28.3 Å². The van der Waals surface area contributed by atoms with Crippen LogP contribution in [0.2, 0.25) is 10.3 Å². The predicted octanol–water partition coefficient (Wildman–Crippen LogP) is 3.62. The van der Waals surface area contributed by atoms with E-state index >= 15 is 0 Å². The van der Waals surface area contributed by atoms with Crippen molar-refractivity contribution in [1.82, 2.24) is 19.7 Å². The fourth-order valence-corrected chi connectivity index (χ4v) is 2.24. The topological polar surface area (TPSA) is 43.6 Å². The third kappa shape index (κ3) is 2.65. The van der Waals surface area contributed by atoms with Crippen molar-refractivity contribution in [2.45, 2.75) is 33.2 Å². The van der Waals surface area contributed by atoms with Crippen LogP contribution < -0.4 is 0 Å². The first-order valence-corrected chi connectivity index (χ1v) is 6.66. The molecule has 0 aromatic carbocycles. The van der Waals surface area contributed by atoms with Gasteiger partial charge in [-0.2, -0.15) is 5.10 Å². The van der Waals surface area contributed by atoms with Gasteiger partial charge in [0.2, 0.25) is 0 Å². The maximum Gasteiger partial charge on any atom is 0.165 e. The second-order valence-electron chi connectivity index (χ2n) is 3.94. The molecule has 0 atom stereocenters. The van der Waals surface area contributed by atoms with Crippen molar-refractivity contribution < 1.29 is 0 Å². The summed E-state index contributed by atoms with van der Waals surface area (Å²) in [6.45, 7) is 4.88. The van der Waals surface area contributed by atoms with Gasteiger partial charge in [0.15, 0.2) is 5.82 Å². The number of hydrogen-bond donors (Lipinski definition) is 0. The molecule has 0 fully saturated rings. The molecule has 2 heterocycles. The molecule has 0 aliphatic heterocycles. The predicted molar refractivity (Wildman–Crippen MR) is 72.9 cm³/mol. The van der Waals surface area contributed by atoms with Crippen LogP contribution in [0, 0.1) is 0 Å². The van der Waals surface area contributed by atoms with Crippen LogP contribution in [0.3, 0.4) is 0 Å². The van der Waals surface area contributed by atoms with Crippen LogP contribution in [-0.4, -0.2) is 19.7 Å². The lowest BCUT2D eigenvalue weighted by atomic mass is 10.2. The van der Waals surface area contributed by atoms with Crippen molar-refractivity contribution in [1.29, 1.82) is 0 Å². The van der Waals surface area contributed by atoms with Gasteiger partial charge in [-0.15, -0.1) is 0 Å². The second kappa shape index (κ2) is 5.67. The van der Waals surface area contributed by atoms with Gasteiger partial charge in [-0.25, -0.2) is 9.97 Å². The molecule has 0 amide bonds. The Morgan fingerprint density at radius 1 is 1.17 bits per heavy atom. The molecule has 0 bridgehead atoms. The Balaban J connectivity index is 2.40. The SMILES string of the molecule is CCCc1c(Cl)nc(-c2cnn(CC)c2)nc1Cl. The summed E-state index contributed by atoms with van der Waals surface area (Å²) in [5, 5.41) is 5.03. The summed E-state index contributed by atoms with van der Waals surface area (Å²) in [4.78, 5) is 8.57. The van der Waals surface area contributed by atoms with E-state index in [2.05, 4.69) is 22.0 Å². The molecule has 0 aliphatic rings. The van der Waals surface area contributed by atoms with Gasteiger partial charge < -0.3 is 0 Å². The van der Waals surface area contributed by atoms with E-state index in [0.29, 0.717) is 16.1 Å². The van der Waals surface area contributed by atoms with Gasteiger partial charge in [-0.3, -0.25) is 4.68 Å². The minimum Gasteiger partial charge on any atom is -0.272 e. The van der Waals surface area contributed by atoms with Crippen molar-refractivity contribution in [2.75, 3.05) is 0 Å². The molecule has 2 rings (SSSR count). The first-order chi connectivity index (χ1) is 8.65. The average Bonchev–Trinajstić information content (AvgIpc) is 2.82. The minimum absolute atomic E-state index is 0.427. The van der Waals surface area contributed by atoms with Crippen LogP contribution in [0.1, 0.15) is 25.8 Å². The first kappa shape index (κ1) is 13.3. The Hall–Kier alpha value is -1.13. The van der Waals surface area contributed by atoms with E-state index < -0.39 is 0 Å². The Morgan fingerprint density at radius 2 is 1.83 bits per heavy atom. The molecule has 18 heavy (non-hydrogen) atoms. The Morgan fingerprint density at radius 3 is 2.33 bits per heavy atom. The molecule has 0 radical (unpaired) electrons.